The second-order valence-corrected chi connectivity index (χ2v) is 4.16. The highest BCUT2D eigenvalue weighted by Gasteiger charge is 1.97. The van der Waals surface area contributed by atoms with Crippen molar-refractivity contribution in [3.05, 3.63) is 11.1 Å². The average molecular weight is 245 g/mol. The maximum atomic E-state index is 5.51. The van der Waals surface area contributed by atoms with E-state index in [0.29, 0.717) is 10.2 Å². The topological polar surface area (TPSA) is 75.0 Å². The Bertz CT molecular complexity index is 312. The summed E-state index contributed by atoms with van der Waals surface area (Å²) < 4.78 is 0. The van der Waals surface area contributed by atoms with Gasteiger partial charge in [0.2, 0.25) is 0 Å². The van der Waals surface area contributed by atoms with Crippen LogP contribution in [0.5, 0.6) is 0 Å². The Hall–Kier alpha value is -0.920. The number of nitrogens with one attached hydrogen (secondary N) is 3. The van der Waals surface area contributed by atoms with Gasteiger partial charge in [-0.1, -0.05) is 0 Å². The van der Waals surface area contributed by atoms with Gasteiger partial charge in [0.25, 0.3) is 0 Å². The van der Waals surface area contributed by atoms with E-state index >= 15 is 0 Å². The summed E-state index contributed by atoms with van der Waals surface area (Å²) in [5.41, 5.74) is 6.49. The number of nitrogens with two attached hydrogens (primary N) is 1. The van der Waals surface area contributed by atoms with Gasteiger partial charge < -0.3 is 21.7 Å². The van der Waals surface area contributed by atoms with Gasteiger partial charge in [0, 0.05) is 32.1 Å². The predicted molar refractivity (Wildman–Crippen MR) is 67.9 cm³/mol. The average Bonchev–Trinajstić information content (AvgIpc) is 2.63. The van der Waals surface area contributed by atoms with Crippen LogP contribution in [-0.2, 0) is 6.54 Å². The summed E-state index contributed by atoms with van der Waals surface area (Å²) in [7, 11) is 1.79. The largest absolute Gasteiger partial charge is 0.375 e. The van der Waals surface area contributed by atoms with Crippen molar-refractivity contribution in [2.75, 3.05) is 25.9 Å². The molecular weight excluding hydrogens is 230 g/mol. The van der Waals surface area contributed by atoms with Crippen molar-refractivity contribution in [3.63, 3.8) is 0 Å². The Morgan fingerprint density at radius 2 is 2.40 bits per heavy atom. The molecule has 0 fully saturated rings. The van der Waals surface area contributed by atoms with E-state index in [9.17, 15) is 0 Å². The first-order valence-electron chi connectivity index (χ1n) is 4.58. The van der Waals surface area contributed by atoms with E-state index in [1.165, 1.54) is 11.3 Å². The maximum absolute atomic E-state index is 5.51. The molecule has 0 radical (unpaired) electrons. The van der Waals surface area contributed by atoms with E-state index in [1.54, 1.807) is 7.05 Å². The second-order valence-electron chi connectivity index (χ2n) is 2.86. The van der Waals surface area contributed by atoms with Crippen LogP contribution in [0.1, 0.15) is 5.69 Å². The molecule has 15 heavy (non-hydrogen) atoms. The van der Waals surface area contributed by atoms with Crippen LogP contribution in [0.4, 0.5) is 5.13 Å². The van der Waals surface area contributed by atoms with Crippen molar-refractivity contribution in [1.82, 2.24) is 20.9 Å². The lowest BCUT2D eigenvalue weighted by Gasteiger charge is -2.06. The normalized spacial score (nSPS) is 9.93. The molecule has 5 N–H and O–H groups in total. The van der Waals surface area contributed by atoms with Crippen molar-refractivity contribution in [2.45, 2.75) is 6.54 Å². The van der Waals surface area contributed by atoms with Crippen molar-refractivity contribution in [1.29, 1.82) is 0 Å². The highest BCUT2D eigenvalue weighted by atomic mass is 32.1. The molecule has 5 nitrogen and oxygen atoms in total. The van der Waals surface area contributed by atoms with Crippen molar-refractivity contribution in [2.24, 2.45) is 0 Å². The fraction of sp³-hybridized carbons (Fsp3) is 0.500. The lowest BCUT2D eigenvalue weighted by molar-refractivity contribution is 0.663. The number of hydrogen-bond donors (Lipinski definition) is 4. The molecule has 7 heteroatoms. The van der Waals surface area contributed by atoms with E-state index in [0.717, 1.165) is 25.3 Å². The zero-order valence-electron chi connectivity index (χ0n) is 8.54. The van der Waals surface area contributed by atoms with Crippen LogP contribution >= 0.6 is 23.6 Å². The van der Waals surface area contributed by atoms with Gasteiger partial charge in [-0.2, -0.15) is 0 Å². The molecule has 0 saturated heterocycles. The SMILES string of the molecule is CNC(=S)NCCNCc1csc(N)n1. The molecule has 1 aromatic heterocycles. The third kappa shape index (κ3) is 4.91. The summed E-state index contributed by atoms with van der Waals surface area (Å²) in [6.45, 7) is 2.36. The predicted octanol–water partition coefficient (Wildman–Crippen LogP) is -0.0912. The van der Waals surface area contributed by atoms with Gasteiger partial charge in [-0.05, 0) is 12.2 Å². The van der Waals surface area contributed by atoms with Crippen molar-refractivity contribution < 1.29 is 0 Å². The molecule has 0 saturated carbocycles. The zero-order valence-corrected chi connectivity index (χ0v) is 10.2. The Kier molecular flexibility index (Phi) is 5.30. The monoisotopic (exact) mass is 245 g/mol. The number of aromatic nitrogens is 1. The number of nitrogens with zero attached hydrogens (tertiary/aromatic N) is 1. The molecule has 84 valence electrons. The summed E-state index contributed by atoms with van der Waals surface area (Å²) in [5.74, 6) is 0. The maximum Gasteiger partial charge on any atom is 0.180 e. The first-order valence-corrected chi connectivity index (χ1v) is 5.87. The fourth-order valence-corrected chi connectivity index (χ4v) is 1.64. The molecule has 0 aliphatic rings. The van der Waals surface area contributed by atoms with E-state index in [1.807, 2.05) is 5.38 Å². The number of hydrogen-bond acceptors (Lipinski definition) is 5. The standard InChI is InChI=1S/C8H15N5S2/c1-10-8(14)12-3-2-11-4-6-5-15-7(9)13-6/h5,11H,2-4H2,1H3,(H2,9,13)(H2,10,12,14). The molecular formula is C8H15N5S2. The molecule has 0 aliphatic heterocycles. The summed E-state index contributed by atoms with van der Waals surface area (Å²) in [4.78, 5) is 4.13. The summed E-state index contributed by atoms with van der Waals surface area (Å²) >= 11 is 6.38. The lowest BCUT2D eigenvalue weighted by atomic mass is 10.5. The van der Waals surface area contributed by atoms with Crippen LogP contribution in [0.3, 0.4) is 0 Å². The van der Waals surface area contributed by atoms with Gasteiger partial charge in [-0.3, -0.25) is 0 Å². The van der Waals surface area contributed by atoms with Crippen LogP contribution in [0.25, 0.3) is 0 Å². The fourth-order valence-electron chi connectivity index (χ4n) is 0.973. The summed E-state index contributed by atoms with van der Waals surface area (Å²) in [6.07, 6.45) is 0. The highest BCUT2D eigenvalue weighted by Crippen LogP contribution is 2.09. The van der Waals surface area contributed by atoms with Gasteiger partial charge in [0.15, 0.2) is 10.2 Å². The third-order valence-electron chi connectivity index (χ3n) is 1.69. The Labute approximate surface area is 98.5 Å². The molecule has 0 amide bonds. The van der Waals surface area contributed by atoms with Crippen LogP contribution in [0.2, 0.25) is 0 Å². The van der Waals surface area contributed by atoms with Crippen LogP contribution in [0.15, 0.2) is 5.38 Å². The second kappa shape index (κ2) is 6.54. The Balaban J connectivity index is 2.05. The van der Waals surface area contributed by atoms with Gasteiger partial charge in [0.1, 0.15) is 0 Å². The number of thiocarbonyl (C=S) groups is 1. The van der Waals surface area contributed by atoms with E-state index < -0.39 is 0 Å². The lowest BCUT2D eigenvalue weighted by Crippen LogP contribution is -2.37. The number of nitrogen functional groups attached to an aromatic ring is 1. The number of thiazole rings is 1. The van der Waals surface area contributed by atoms with E-state index in [2.05, 4.69) is 20.9 Å². The molecule has 1 heterocycles. The van der Waals surface area contributed by atoms with E-state index in [-0.39, 0.29) is 0 Å². The van der Waals surface area contributed by atoms with Crippen molar-refractivity contribution >= 4 is 33.8 Å². The molecule has 0 aliphatic carbocycles. The molecule has 1 rings (SSSR count). The molecule has 0 atom stereocenters. The summed E-state index contributed by atoms with van der Waals surface area (Å²) in [6, 6.07) is 0. The minimum atomic E-state index is 0.612. The molecule has 0 aromatic carbocycles. The molecule has 1 aromatic rings. The smallest absolute Gasteiger partial charge is 0.180 e. The number of anilines is 1. The van der Waals surface area contributed by atoms with Crippen molar-refractivity contribution in [3.8, 4) is 0 Å². The van der Waals surface area contributed by atoms with Gasteiger partial charge in [0.05, 0.1) is 5.69 Å². The first kappa shape index (κ1) is 12.2. The summed E-state index contributed by atoms with van der Waals surface area (Å²) in [5, 5.41) is 12.3. The number of rotatable bonds is 5. The van der Waals surface area contributed by atoms with Gasteiger partial charge in [-0.15, -0.1) is 11.3 Å². The Morgan fingerprint density at radius 1 is 1.60 bits per heavy atom. The van der Waals surface area contributed by atoms with Gasteiger partial charge in [-0.25, -0.2) is 4.98 Å². The zero-order chi connectivity index (χ0) is 11.1. The van der Waals surface area contributed by atoms with Crippen LogP contribution in [0, 0.1) is 0 Å². The van der Waals surface area contributed by atoms with Crippen LogP contribution in [-0.4, -0.2) is 30.2 Å². The first-order chi connectivity index (χ1) is 7.22. The van der Waals surface area contributed by atoms with E-state index in [4.69, 9.17) is 18.0 Å². The molecule has 0 unspecified atom stereocenters. The Morgan fingerprint density at radius 3 is 3.00 bits per heavy atom. The minimum Gasteiger partial charge on any atom is -0.375 e. The molecule has 0 bridgehead atoms. The van der Waals surface area contributed by atoms with Gasteiger partial charge >= 0.3 is 0 Å². The molecule has 0 spiro atoms. The highest BCUT2D eigenvalue weighted by molar-refractivity contribution is 7.80. The third-order valence-corrected chi connectivity index (χ3v) is 2.76. The quantitative estimate of drug-likeness (QED) is 0.429. The minimum absolute atomic E-state index is 0.612. The van der Waals surface area contributed by atoms with Crippen LogP contribution < -0.4 is 21.7 Å².